The summed E-state index contributed by atoms with van der Waals surface area (Å²) in [4.78, 5) is 0. The van der Waals surface area contributed by atoms with Gasteiger partial charge in [-0.3, -0.25) is 4.68 Å². The predicted octanol–water partition coefficient (Wildman–Crippen LogP) is 2.27. The SMILES string of the molecule is CC1CC(Cn2cc(Br)c(N)n2)C1. The van der Waals surface area contributed by atoms with Crippen molar-refractivity contribution in [2.75, 3.05) is 5.73 Å². The van der Waals surface area contributed by atoms with Crippen LogP contribution in [0.15, 0.2) is 10.7 Å². The van der Waals surface area contributed by atoms with Gasteiger partial charge in [0.25, 0.3) is 0 Å². The van der Waals surface area contributed by atoms with Crippen molar-refractivity contribution in [2.45, 2.75) is 26.3 Å². The molecule has 2 N–H and O–H groups in total. The quantitative estimate of drug-likeness (QED) is 0.867. The third kappa shape index (κ3) is 1.88. The van der Waals surface area contributed by atoms with E-state index in [1.165, 1.54) is 12.8 Å². The van der Waals surface area contributed by atoms with Crippen LogP contribution in [0.3, 0.4) is 0 Å². The summed E-state index contributed by atoms with van der Waals surface area (Å²) in [6.07, 6.45) is 4.62. The minimum absolute atomic E-state index is 0.590. The highest BCUT2D eigenvalue weighted by molar-refractivity contribution is 9.10. The van der Waals surface area contributed by atoms with Crippen LogP contribution in [-0.4, -0.2) is 9.78 Å². The molecule has 13 heavy (non-hydrogen) atoms. The van der Waals surface area contributed by atoms with Crippen molar-refractivity contribution < 1.29 is 0 Å². The van der Waals surface area contributed by atoms with Crippen molar-refractivity contribution in [1.82, 2.24) is 9.78 Å². The Balaban J connectivity index is 1.95. The van der Waals surface area contributed by atoms with E-state index in [0.717, 1.165) is 22.9 Å². The summed E-state index contributed by atoms with van der Waals surface area (Å²) in [6, 6.07) is 0. The van der Waals surface area contributed by atoms with E-state index in [0.29, 0.717) is 5.82 Å². The van der Waals surface area contributed by atoms with E-state index in [9.17, 15) is 0 Å². The van der Waals surface area contributed by atoms with Crippen molar-refractivity contribution in [3.05, 3.63) is 10.7 Å². The van der Waals surface area contributed by atoms with Crippen LogP contribution in [-0.2, 0) is 6.54 Å². The standard InChI is InChI=1S/C9H14BrN3/c1-6-2-7(3-6)4-13-5-8(10)9(11)12-13/h5-7H,2-4H2,1H3,(H2,11,12). The summed E-state index contributed by atoms with van der Waals surface area (Å²) in [5.41, 5.74) is 5.62. The van der Waals surface area contributed by atoms with E-state index < -0.39 is 0 Å². The zero-order valence-corrected chi connectivity index (χ0v) is 9.29. The molecule has 72 valence electrons. The minimum atomic E-state index is 0.590. The molecule has 3 nitrogen and oxygen atoms in total. The first-order valence-electron chi connectivity index (χ1n) is 4.63. The molecule has 0 amide bonds. The summed E-state index contributed by atoms with van der Waals surface area (Å²) < 4.78 is 2.84. The summed E-state index contributed by atoms with van der Waals surface area (Å²) in [6.45, 7) is 3.31. The topological polar surface area (TPSA) is 43.8 Å². The number of anilines is 1. The van der Waals surface area contributed by atoms with E-state index in [-0.39, 0.29) is 0 Å². The van der Waals surface area contributed by atoms with Gasteiger partial charge in [-0.15, -0.1) is 0 Å². The molecule has 1 fully saturated rings. The first-order chi connectivity index (χ1) is 6.15. The fraction of sp³-hybridized carbons (Fsp3) is 0.667. The van der Waals surface area contributed by atoms with E-state index >= 15 is 0 Å². The number of nitrogens with zero attached hydrogens (tertiary/aromatic N) is 2. The first-order valence-corrected chi connectivity index (χ1v) is 5.43. The Morgan fingerprint density at radius 2 is 2.38 bits per heavy atom. The molecule has 4 heteroatoms. The maximum absolute atomic E-state index is 5.62. The molecule has 0 aliphatic heterocycles. The second kappa shape index (κ2) is 3.33. The number of rotatable bonds is 2. The molecule has 0 aromatic carbocycles. The van der Waals surface area contributed by atoms with Gasteiger partial charge in [0, 0.05) is 12.7 Å². The molecule has 0 radical (unpaired) electrons. The van der Waals surface area contributed by atoms with Crippen LogP contribution in [0.25, 0.3) is 0 Å². The second-order valence-corrected chi connectivity index (χ2v) is 4.88. The van der Waals surface area contributed by atoms with E-state index in [2.05, 4.69) is 28.0 Å². The average molecular weight is 244 g/mol. The largest absolute Gasteiger partial charge is 0.381 e. The lowest BCUT2D eigenvalue weighted by atomic mass is 9.76. The molecule has 1 saturated carbocycles. The van der Waals surface area contributed by atoms with E-state index in [1.54, 1.807) is 0 Å². The molecule has 0 saturated heterocycles. The molecule has 2 rings (SSSR count). The van der Waals surface area contributed by atoms with Crippen LogP contribution in [0.4, 0.5) is 5.82 Å². The van der Waals surface area contributed by atoms with Crippen molar-refractivity contribution in [3.63, 3.8) is 0 Å². The van der Waals surface area contributed by atoms with E-state index in [4.69, 9.17) is 5.73 Å². The Morgan fingerprint density at radius 3 is 2.85 bits per heavy atom. The summed E-state index contributed by atoms with van der Waals surface area (Å²) in [5, 5.41) is 4.20. The fourth-order valence-corrected chi connectivity index (χ4v) is 2.30. The Hall–Kier alpha value is -0.510. The smallest absolute Gasteiger partial charge is 0.159 e. The molecular weight excluding hydrogens is 230 g/mol. The third-order valence-corrected chi connectivity index (χ3v) is 3.27. The molecule has 1 aliphatic carbocycles. The number of halogens is 1. The summed E-state index contributed by atoms with van der Waals surface area (Å²) in [5.74, 6) is 2.30. The average Bonchev–Trinajstić information content (AvgIpc) is 2.28. The van der Waals surface area contributed by atoms with Gasteiger partial charge in [0.15, 0.2) is 5.82 Å². The van der Waals surface area contributed by atoms with Gasteiger partial charge in [0.05, 0.1) is 4.47 Å². The van der Waals surface area contributed by atoms with Crippen molar-refractivity contribution >= 4 is 21.7 Å². The van der Waals surface area contributed by atoms with Gasteiger partial charge >= 0.3 is 0 Å². The van der Waals surface area contributed by atoms with Gasteiger partial charge in [-0.05, 0) is 40.6 Å². The maximum atomic E-state index is 5.62. The predicted molar refractivity (Wildman–Crippen MR) is 56.2 cm³/mol. The monoisotopic (exact) mass is 243 g/mol. The number of nitrogens with two attached hydrogens (primary N) is 1. The number of nitrogen functional groups attached to an aromatic ring is 1. The molecule has 0 atom stereocenters. The van der Waals surface area contributed by atoms with Crippen LogP contribution in [0.1, 0.15) is 19.8 Å². The van der Waals surface area contributed by atoms with E-state index in [1.807, 2.05) is 10.9 Å². The summed E-state index contributed by atoms with van der Waals surface area (Å²) >= 11 is 3.35. The zero-order valence-electron chi connectivity index (χ0n) is 7.70. The highest BCUT2D eigenvalue weighted by atomic mass is 79.9. The van der Waals surface area contributed by atoms with Crippen LogP contribution in [0.2, 0.25) is 0 Å². The van der Waals surface area contributed by atoms with Gasteiger partial charge in [-0.1, -0.05) is 6.92 Å². The lowest BCUT2D eigenvalue weighted by Gasteiger charge is -2.32. The highest BCUT2D eigenvalue weighted by Crippen LogP contribution is 2.34. The van der Waals surface area contributed by atoms with Crippen molar-refractivity contribution in [1.29, 1.82) is 0 Å². The molecule has 0 spiro atoms. The molecule has 1 aliphatic rings. The van der Waals surface area contributed by atoms with Gasteiger partial charge < -0.3 is 5.73 Å². The van der Waals surface area contributed by atoms with Crippen LogP contribution in [0, 0.1) is 11.8 Å². The lowest BCUT2D eigenvalue weighted by Crippen LogP contribution is -2.25. The van der Waals surface area contributed by atoms with Gasteiger partial charge in [0.1, 0.15) is 0 Å². The number of aromatic nitrogens is 2. The minimum Gasteiger partial charge on any atom is -0.381 e. The molecule has 1 heterocycles. The Labute approximate surface area is 86.4 Å². The third-order valence-electron chi connectivity index (χ3n) is 2.66. The lowest BCUT2D eigenvalue weighted by molar-refractivity contribution is 0.182. The fourth-order valence-electron chi connectivity index (χ4n) is 1.99. The summed E-state index contributed by atoms with van der Waals surface area (Å²) in [7, 11) is 0. The molecule has 0 bridgehead atoms. The second-order valence-electron chi connectivity index (χ2n) is 4.03. The van der Waals surface area contributed by atoms with Gasteiger partial charge in [0.2, 0.25) is 0 Å². The number of hydrogen-bond acceptors (Lipinski definition) is 2. The first kappa shape index (κ1) is 9.06. The van der Waals surface area contributed by atoms with Gasteiger partial charge in [-0.2, -0.15) is 5.10 Å². The molecule has 1 aromatic heterocycles. The highest BCUT2D eigenvalue weighted by Gasteiger charge is 2.25. The number of hydrogen-bond donors (Lipinski definition) is 1. The zero-order chi connectivity index (χ0) is 9.42. The van der Waals surface area contributed by atoms with Gasteiger partial charge in [-0.25, -0.2) is 0 Å². The van der Waals surface area contributed by atoms with Crippen LogP contribution in [0.5, 0.6) is 0 Å². The molecule has 0 unspecified atom stereocenters. The van der Waals surface area contributed by atoms with Crippen LogP contribution < -0.4 is 5.73 Å². The Kier molecular flexibility index (Phi) is 2.32. The molecule has 1 aromatic rings. The normalized spacial score (nSPS) is 27.2. The maximum Gasteiger partial charge on any atom is 0.159 e. The molecular formula is C9H14BrN3. The van der Waals surface area contributed by atoms with Crippen LogP contribution >= 0.6 is 15.9 Å². The Bertz CT molecular complexity index is 282. The van der Waals surface area contributed by atoms with Crippen molar-refractivity contribution in [2.24, 2.45) is 11.8 Å². The van der Waals surface area contributed by atoms with Crippen molar-refractivity contribution in [3.8, 4) is 0 Å². The Morgan fingerprint density at radius 1 is 1.69 bits per heavy atom.